The molecule has 0 aliphatic heterocycles. The maximum Gasteiger partial charge on any atom is 0.126 e. The third-order valence-electron chi connectivity index (χ3n) is 2.73. The molecule has 0 aromatic heterocycles. The molecule has 1 aromatic rings. The second-order valence-corrected chi connectivity index (χ2v) is 4.96. The van der Waals surface area contributed by atoms with Crippen LogP contribution in [0.1, 0.15) is 44.4 Å². The Balaban J connectivity index is 2.85. The lowest BCUT2D eigenvalue weighted by Crippen LogP contribution is -2.10. The van der Waals surface area contributed by atoms with E-state index in [4.69, 9.17) is 10.5 Å². The van der Waals surface area contributed by atoms with E-state index in [9.17, 15) is 4.39 Å². The van der Waals surface area contributed by atoms with Gasteiger partial charge in [0.2, 0.25) is 0 Å². The van der Waals surface area contributed by atoms with Crippen LogP contribution in [-0.4, -0.2) is 6.61 Å². The van der Waals surface area contributed by atoms with Gasteiger partial charge in [0.05, 0.1) is 6.61 Å². The lowest BCUT2D eigenvalue weighted by atomic mass is 10.0. The fourth-order valence-corrected chi connectivity index (χ4v) is 1.56. The summed E-state index contributed by atoms with van der Waals surface area (Å²) in [5.41, 5.74) is 7.14. The Hall–Kier alpha value is -1.09. The molecule has 0 amide bonds. The Labute approximate surface area is 103 Å². The molecule has 0 bridgehead atoms. The zero-order valence-electron chi connectivity index (χ0n) is 11.1. The molecule has 1 rings (SSSR count). The van der Waals surface area contributed by atoms with Crippen molar-refractivity contribution < 1.29 is 9.13 Å². The van der Waals surface area contributed by atoms with Gasteiger partial charge in [0.15, 0.2) is 0 Å². The minimum Gasteiger partial charge on any atom is -0.493 e. The zero-order valence-corrected chi connectivity index (χ0v) is 11.1. The molecule has 17 heavy (non-hydrogen) atoms. The molecular formula is C14H22FNO. The van der Waals surface area contributed by atoms with Crippen LogP contribution in [0.25, 0.3) is 0 Å². The molecule has 0 aliphatic rings. The van der Waals surface area contributed by atoms with Crippen LogP contribution in [0.5, 0.6) is 5.75 Å². The molecule has 3 heteroatoms. The molecule has 96 valence electrons. The van der Waals surface area contributed by atoms with Crippen molar-refractivity contribution in [3.8, 4) is 5.75 Å². The number of hydrogen-bond acceptors (Lipinski definition) is 2. The van der Waals surface area contributed by atoms with E-state index in [2.05, 4.69) is 13.8 Å². The van der Waals surface area contributed by atoms with Gasteiger partial charge in [-0.15, -0.1) is 0 Å². The highest BCUT2D eigenvalue weighted by Crippen LogP contribution is 2.27. The van der Waals surface area contributed by atoms with Crippen LogP contribution in [0.2, 0.25) is 0 Å². The Bertz CT molecular complexity index is 375. The molecule has 1 aromatic carbocycles. The van der Waals surface area contributed by atoms with Crippen LogP contribution in [0.15, 0.2) is 12.1 Å². The standard InChI is InChI=1S/C14H22FNO/c1-9(2)5-6-17-14-7-10(3)13(15)8-12(14)11(4)16/h7-9,11H,5-6,16H2,1-4H3. The third kappa shape index (κ3) is 4.00. The van der Waals surface area contributed by atoms with Crippen molar-refractivity contribution in [3.63, 3.8) is 0 Å². The first-order valence-electron chi connectivity index (χ1n) is 6.10. The molecule has 0 saturated carbocycles. The fourth-order valence-electron chi connectivity index (χ4n) is 1.56. The molecular weight excluding hydrogens is 217 g/mol. The van der Waals surface area contributed by atoms with Gasteiger partial charge >= 0.3 is 0 Å². The molecule has 1 atom stereocenters. The van der Waals surface area contributed by atoms with E-state index in [0.29, 0.717) is 23.8 Å². The Morgan fingerprint density at radius 2 is 1.94 bits per heavy atom. The summed E-state index contributed by atoms with van der Waals surface area (Å²) >= 11 is 0. The Kier molecular flexibility index (Phi) is 4.94. The van der Waals surface area contributed by atoms with E-state index in [0.717, 1.165) is 12.0 Å². The van der Waals surface area contributed by atoms with Crippen LogP contribution in [0, 0.1) is 18.7 Å². The Morgan fingerprint density at radius 3 is 2.47 bits per heavy atom. The summed E-state index contributed by atoms with van der Waals surface area (Å²) in [4.78, 5) is 0. The molecule has 0 fully saturated rings. The average Bonchev–Trinajstić information content (AvgIpc) is 2.22. The highest BCUT2D eigenvalue weighted by molar-refractivity contribution is 5.39. The molecule has 0 radical (unpaired) electrons. The van der Waals surface area contributed by atoms with Gasteiger partial charge in [-0.25, -0.2) is 4.39 Å². The normalized spacial score (nSPS) is 12.9. The molecule has 0 spiro atoms. The van der Waals surface area contributed by atoms with E-state index < -0.39 is 0 Å². The maximum absolute atomic E-state index is 13.5. The quantitative estimate of drug-likeness (QED) is 0.852. The van der Waals surface area contributed by atoms with Crippen LogP contribution >= 0.6 is 0 Å². The third-order valence-corrected chi connectivity index (χ3v) is 2.73. The first kappa shape index (κ1) is 14.0. The highest BCUT2D eigenvalue weighted by atomic mass is 19.1. The van der Waals surface area contributed by atoms with Gasteiger partial charge in [0.1, 0.15) is 11.6 Å². The Morgan fingerprint density at radius 1 is 1.29 bits per heavy atom. The topological polar surface area (TPSA) is 35.2 Å². The number of nitrogens with two attached hydrogens (primary N) is 1. The summed E-state index contributed by atoms with van der Waals surface area (Å²) in [5, 5.41) is 0. The van der Waals surface area contributed by atoms with Crippen molar-refractivity contribution in [1.29, 1.82) is 0 Å². The van der Waals surface area contributed by atoms with Crippen molar-refractivity contribution in [2.75, 3.05) is 6.61 Å². The number of benzene rings is 1. The zero-order chi connectivity index (χ0) is 13.0. The van der Waals surface area contributed by atoms with E-state index in [1.807, 2.05) is 6.92 Å². The lowest BCUT2D eigenvalue weighted by Gasteiger charge is -2.16. The van der Waals surface area contributed by atoms with Crippen molar-refractivity contribution in [3.05, 3.63) is 29.1 Å². The first-order chi connectivity index (χ1) is 7.91. The molecule has 0 aliphatic carbocycles. The number of aryl methyl sites for hydroxylation is 1. The van der Waals surface area contributed by atoms with Gasteiger partial charge in [-0.1, -0.05) is 13.8 Å². The van der Waals surface area contributed by atoms with Gasteiger partial charge in [-0.2, -0.15) is 0 Å². The van der Waals surface area contributed by atoms with Gasteiger partial charge in [0, 0.05) is 11.6 Å². The fraction of sp³-hybridized carbons (Fsp3) is 0.571. The van der Waals surface area contributed by atoms with E-state index in [1.165, 1.54) is 6.07 Å². The predicted molar refractivity (Wildman–Crippen MR) is 68.7 cm³/mol. The molecule has 2 nitrogen and oxygen atoms in total. The maximum atomic E-state index is 13.5. The van der Waals surface area contributed by atoms with Crippen LogP contribution in [0.3, 0.4) is 0 Å². The van der Waals surface area contributed by atoms with Crippen molar-refractivity contribution >= 4 is 0 Å². The van der Waals surface area contributed by atoms with Gasteiger partial charge < -0.3 is 10.5 Å². The minimum atomic E-state index is -0.228. The van der Waals surface area contributed by atoms with E-state index in [1.54, 1.807) is 13.0 Å². The van der Waals surface area contributed by atoms with Gasteiger partial charge in [-0.05, 0) is 43.9 Å². The number of ether oxygens (including phenoxy) is 1. The summed E-state index contributed by atoms with van der Waals surface area (Å²) in [6.45, 7) is 8.49. The van der Waals surface area contributed by atoms with Crippen LogP contribution in [0.4, 0.5) is 4.39 Å². The second-order valence-electron chi connectivity index (χ2n) is 4.96. The van der Waals surface area contributed by atoms with Crippen LogP contribution in [-0.2, 0) is 0 Å². The summed E-state index contributed by atoms with van der Waals surface area (Å²) in [6.07, 6.45) is 0.981. The summed E-state index contributed by atoms with van der Waals surface area (Å²) in [7, 11) is 0. The number of halogens is 1. The lowest BCUT2D eigenvalue weighted by molar-refractivity contribution is 0.285. The van der Waals surface area contributed by atoms with Gasteiger partial charge in [-0.3, -0.25) is 0 Å². The monoisotopic (exact) mass is 239 g/mol. The molecule has 0 saturated heterocycles. The van der Waals surface area contributed by atoms with E-state index in [-0.39, 0.29) is 11.9 Å². The minimum absolute atomic E-state index is 0.223. The highest BCUT2D eigenvalue weighted by Gasteiger charge is 2.12. The number of hydrogen-bond donors (Lipinski definition) is 1. The summed E-state index contributed by atoms with van der Waals surface area (Å²) < 4.78 is 19.2. The number of rotatable bonds is 5. The second kappa shape index (κ2) is 6.01. The predicted octanol–water partition coefficient (Wildman–Crippen LogP) is 3.58. The molecule has 2 N–H and O–H groups in total. The molecule has 0 heterocycles. The van der Waals surface area contributed by atoms with Crippen LogP contribution < -0.4 is 10.5 Å². The summed E-state index contributed by atoms with van der Waals surface area (Å²) in [6, 6.07) is 2.98. The van der Waals surface area contributed by atoms with E-state index >= 15 is 0 Å². The average molecular weight is 239 g/mol. The van der Waals surface area contributed by atoms with Crippen molar-refractivity contribution in [2.45, 2.75) is 40.2 Å². The summed E-state index contributed by atoms with van der Waals surface area (Å²) in [5.74, 6) is 1.07. The smallest absolute Gasteiger partial charge is 0.126 e. The van der Waals surface area contributed by atoms with Crippen molar-refractivity contribution in [1.82, 2.24) is 0 Å². The molecule has 1 unspecified atom stereocenters. The SMILES string of the molecule is Cc1cc(OCCC(C)C)c(C(C)N)cc1F. The van der Waals surface area contributed by atoms with Crippen molar-refractivity contribution in [2.24, 2.45) is 11.7 Å². The first-order valence-corrected chi connectivity index (χ1v) is 6.10. The van der Waals surface area contributed by atoms with Gasteiger partial charge in [0.25, 0.3) is 0 Å². The largest absolute Gasteiger partial charge is 0.493 e.